The van der Waals surface area contributed by atoms with Crippen molar-refractivity contribution in [3.05, 3.63) is 59.7 Å². The zero-order valence-electron chi connectivity index (χ0n) is 19.4. The molecule has 0 spiro atoms. The van der Waals surface area contributed by atoms with Gasteiger partial charge in [0.15, 0.2) is 0 Å². The molecule has 34 heavy (non-hydrogen) atoms. The number of nitrogens with one attached hydrogen (secondary N) is 1. The first-order valence-corrected chi connectivity index (χ1v) is 12.0. The smallest absolute Gasteiger partial charge is 0.407 e. The minimum Gasteiger partial charge on any atom is -0.481 e. The molecule has 4 atom stereocenters. The van der Waals surface area contributed by atoms with E-state index < -0.39 is 18.1 Å². The third-order valence-electron chi connectivity index (χ3n) is 7.89. The number of carboxylic acids is 1. The van der Waals surface area contributed by atoms with E-state index in [1.165, 1.54) is 0 Å². The fourth-order valence-corrected chi connectivity index (χ4v) is 5.72. The average molecular weight is 463 g/mol. The Morgan fingerprint density at radius 1 is 1.03 bits per heavy atom. The summed E-state index contributed by atoms with van der Waals surface area (Å²) in [6.45, 7) is 4.99. The number of hydrogen-bond donors (Lipinski definition) is 2. The van der Waals surface area contributed by atoms with Crippen LogP contribution < -0.4 is 5.32 Å². The summed E-state index contributed by atoms with van der Waals surface area (Å²) >= 11 is 0. The molecular weight excluding hydrogens is 432 g/mol. The predicted molar refractivity (Wildman–Crippen MR) is 126 cm³/mol. The predicted octanol–water partition coefficient (Wildman–Crippen LogP) is 3.73. The second-order valence-corrected chi connectivity index (χ2v) is 9.77. The van der Waals surface area contributed by atoms with E-state index in [0.29, 0.717) is 13.1 Å². The van der Waals surface area contributed by atoms with Crippen molar-refractivity contribution < 1.29 is 24.2 Å². The van der Waals surface area contributed by atoms with E-state index >= 15 is 0 Å². The highest BCUT2D eigenvalue weighted by Crippen LogP contribution is 2.52. The zero-order valence-corrected chi connectivity index (χ0v) is 19.4. The number of benzene rings is 2. The summed E-state index contributed by atoms with van der Waals surface area (Å²) < 4.78 is 5.66. The third kappa shape index (κ3) is 3.83. The molecule has 2 aromatic carbocycles. The van der Waals surface area contributed by atoms with Crippen molar-refractivity contribution in [1.82, 2.24) is 10.2 Å². The van der Waals surface area contributed by atoms with E-state index in [4.69, 9.17) is 4.74 Å². The number of carbonyl (C=O) groups is 3. The summed E-state index contributed by atoms with van der Waals surface area (Å²) in [5, 5.41) is 12.0. The fraction of sp³-hybridized carbons (Fsp3) is 0.444. The number of rotatable bonds is 7. The van der Waals surface area contributed by atoms with Crippen molar-refractivity contribution in [2.75, 3.05) is 19.7 Å². The molecule has 1 heterocycles. The Labute approximate surface area is 199 Å². The van der Waals surface area contributed by atoms with Gasteiger partial charge < -0.3 is 20.1 Å². The van der Waals surface area contributed by atoms with Gasteiger partial charge in [0.1, 0.15) is 12.6 Å². The number of carbonyl (C=O) groups excluding carboxylic acids is 2. The summed E-state index contributed by atoms with van der Waals surface area (Å²) in [6, 6.07) is 15.6. The molecule has 178 valence electrons. The van der Waals surface area contributed by atoms with Crippen LogP contribution in [0.15, 0.2) is 48.5 Å². The van der Waals surface area contributed by atoms with Crippen LogP contribution in [0, 0.1) is 23.7 Å². The Balaban J connectivity index is 1.23. The van der Waals surface area contributed by atoms with E-state index in [9.17, 15) is 19.5 Å². The van der Waals surface area contributed by atoms with E-state index in [1.54, 1.807) is 4.90 Å². The summed E-state index contributed by atoms with van der Waals surface area (Å²) in [5.74, 6) is -1.31. The molecule has 7 nitrogen and oxygen atoms in total. The number of carboxylic acid groups (broad SMARTS) is 1. The Morgan fingerprint density at radius 3 is 2.12 bits per heavy atom. The number of likely N-dealkylation sites (tertiary alicyclic amines) is 1. The second-order valence-electron chi connectivity index (χ2n) is 9.77. The number of nitrogens with zero attached hydrogens (tertiary/aromatic N) is 1. The molecule has 0 radical (unpaired) electrons. The van der Waals surface area contributed by atoms with Crippen LogP contribution in [0.2, 0.25) is 0 Å². The van der Waals surface area contributed by atoms with E-state index in [2.05, 4.69) is 29.6 Å². The molecule has 2 amide bonds. The molecule has 1 saturated carbocycles. The monoisotopic (exact) mass is 462 g/mol. The minimum atomic E-state index is -0.780. The van der Waals surface area contributed by atoms with Crippen molar-refractivity contribution in [1.29, 1.82) is 0 Å². The van der Waals surface area contributed by atoms with Crippen LogP contribution in [-0.2, 0) is 14.3 Å². The van der Waals surface area contributed by atoms with Gasteiger partial charge in [-0.05, 0) is 40.0 Å². The molecule has 2 unspecified atom stereocenters. The first kappa shape index (κ1) is 22.4. The van der Waals surface area contributed by atoms with Crippen LogP contribution in [0.5, 0.6) is 0 Å². The van der Waals surface area contributed by atoms with Crippen molar-refractivity contribution >= 4 is 18.0 Å². The molecule has 2 fully saturated rings. The van der Waals surface area contributed by atoms with Crippen LogP contribution in [-0.4, -0.2) is 53.7 Å². The fourth-order valence-electron chi connectivity index (χ4n) is 5.72. The first-order valence-electron chi connectivity index (χ1n) is 12.0. The quantitative estimate of drug-likeness (QED) is 0.654. The Bertz CT molecular complexity index is 1070. The number of amides is 2. The Hall–Kier alpha value is -3.35. The summed E-state index contributed by atoms with van der Waals surface area (Å²) in [7, 11) is 0. The van der Waals surface area contributed by atoms with Gasteiger partial charge in [-0.25, -0.2) is 4.79 Å². The molecule has 1 aliphatic heterocycles. The van der Waals surface area contributed by atoms with Gasteiger partial charge in [0.25, 0.3) is 0 Å². The lowest BCUT2D eigenvalue weighted by atomic mass is 9.97. The number of fused-ring (bicyclic) bond motifs is 4. The minimum absolute atomic E-state index is 0.0356. The van der Waals surface area contributed by atoms with Crippen molar-refractivity contribution in [2.24, 2.45) is 23.7 Å². The van der Waals surface area contributed by atoms with E-state index in [0.717, 1.165) is 28.7 Å². The molecule has 0 aromatic heterocycles. The van der Waals surface area contributed by atoms with Crippen molar-refractivity contribution in [3.63, 3.8) is 0 Å². The van der Waals surface area contributed by atoms with Gasteiger partial charge in [-0.15, -0.1) is 0 Å². The molecule has 2 aliphatic carbocycles. The first-order chi connectivity index (χ1) is 16.4. The molecule has 2 aromatic rings. The lowest BCUT2D eigenvalue weighted by Crippen LogP contribution is -2.52. The molecule has 7 heteroatoms. The van der Waals surface area contributed by atoms with Crippen molar-refractivity contribution in [2.45, 2.75) is 32.2 Å². The highest BCUT2D eigenvalue weighted by atomic mass is 16.5. The lowest BCUT2D eigenvalue weighted by molar-refractivity contribution is -0.141. The van der Waals surface area contributed by atoms with Gasteiger partial charge in [-0.1, -0.05) is 68.8 Å². The number of hydrogen-bond acceptors (Lipinski definition) is 4. The van der Waals surface area contributed by atoms with Gasteiger partial charge in [-0.3, -0.25) is 9.59 Å². The Morgan fingerprint density at radius 2 is 1.59 bits per heavy atom. The molecule has 2 N–H and O–H groups in total. The van der Waals surface area contributed by atoms with Crippen LogP contribution >= 0.6 is 0 Å². The number of alkyl carbamates (subject to hydrolysis) is 1. The van der Waals surface area contributed by atoms with Gasteiger partial charge in [0.05, 0.1) is 5.92 Å². The Kier molecular flexibility index (Phi) is 5.80. The van der Waals surface area contributed by atoms with Crippen LogP contribution in [0.3, 0.4) is 0 Å². The molecule has 0 bridgehead atoms. The van der Waals surface area contributed by atoms with Crippen LogP contribution in [0.1, 0.15) is 37.3 Å². The second kappa shape index (κ2) is 8.78. The molecular formula is C27H30N2O5. The summed E-state index contributed by atoms with van der Waals surface area (Å²) in [6.07, 6.45) is 0.117. The highest BCUT2D eigenvalue weighted by Gasteiger charge is 2.61. The van der Waals surface area contributed by atoms with Gasteiger partial charge in [0.2, 0.25) is 5.91 Å². The summed E-state index contributed by atoms with van der Waals surface area (Å²) in [4.78, 5) is 39.0. The standard InChI is InChI=1S/C27H30N2O5/c1-3-15(2)24(25(30)29-12-20-21(13-29)23(20)26(31)32)28-27(33)34-14-22-18-10-6-4-8-16(18)17-9-5-7-11-19(17)22/h4-11,15,20-24H,3,12-14H2,1-2H3,(H,28,33)(H,31,32)/t15-,20?,21?,23?,24-/m0/s1. The van der Waals surface area contributed by atoms with Crippen LogP contribution in [0.4, 0.5) is 4.79 Å². The maximum atomic E-state index is 13.2. The number of piperidine rings is 1. The van der Waals surface area contributed by atoms with Crippen molar-refractivity contribution in [3.8, 4) is 11.1 Å². The number of aliphatic carboxylic acids is 1. The van der Waals surface area contributed by atoms with Gasteiger partial charge in [0, 0.05) is 19.0 Å². The van der Waals surface area contributed by atoms with Gasteiger partial charge >= 0.3 is 12.1 Å². The topological polar surface area (TPSA) is 95.9 Å². The maximum absolute atomic E-state index is 13.2. The van der Waals surface area contributed by atoms with E-state index in [1.807, 2.05) is 38.1 Å². The van der Waals surface area contributed by atoms with Gasteiger partial charge in [-0.2, -0.15) is 0 Å². The SMILES string of the molecule is CC[C@H](C)[C@H](NC(=O)OCC1c2ccccc2-c2ccccc21)C(=O)N1CC2C(C1)C2C(=O)O. The lowest BCUT2D eigenvalue weighted by Gasteiger charge is -2.29. The molecule has 1 saturated heterocycles. The third-order valence-corrected chi connectivity index (χ3v) is 7.89. The van der Waals surface area contributed by atoms with Crippen LogP contribution in [0.25, 0.3) is 11.1 Å². The maximum Gasteiger partial charge on any atom is 0.407 e. The highest BCUT2D eigenvalue weighted by molar-refractivity contribution is 5.87. The average Bonchev–Trinajstić information content (AvgIpc) is 3.20. The molecule has 5 rings (SSSR count). The largest absolute Gasteiger partial charge is 0.481 e. The zero-order chi connectivity index (χ0) is 24.0. The molecule has 3 aliphatic rings. The normalized spacial score (nSPS) is 23.9. The summed E-state index contributed by atoms with van der Waals surface area (Å²) in [5.41, 5.74) is 4.59. The number of ether oxygens (including phenoxy) is 1. The van der Waals surface area contributed by atoms with E-state index in [-0.39, 0.29) is 42.1 Å².